The molecule has 0 saturated heterocycles. The number of hydrogen-bond acceptors (Lipinski definition) is 4. The largest absolute Gasteiger partial charge is 0.493 e. The van der Waals surface area contributed by atoms with Gasteiger partial charge in [0.25, 0.3) is 0 Å². The highest BCUT2D eigenvalue weighted by Gasteiger charge is 2.06. The van der Waals surface area contributed by atoms with Crippen molar-refractivity contribution in [2.75, 3.05) is 26.6 Å². The first-order valence-corrected chi connectivity index (χ1v) is 8.57. The minimum absolute atomic E-state index is 0.0903. The number of nitrogens with one attached hydrogen (secondary N) is 3. The number of methoxy groups -OCH3 is 2. The molecule has 27 heavy (non-hydrogen) atoms. The molecule has 0 radical (unpaired) electrons. The summed E-state index contributed by atoms with van der Waals surface area (Å²) in [6, 6.07) is 13.4. The number of hydrogen-bond donors (Lipinski definition) is 3. The molecule has 144 valence electrons. The quantitative estimate of drug-likeness (QED) is 0.515. The molecule has 0 spiro atoms. The van der Waals surface area contributed by atoms with Gasteiger partial charge in [-0.2, -0.15) is 0 Å². The Bertz CT molecular complexity index is 806. The van der Waals surface area contributed by atoms with E-state index in [1.165, 1.54) is 6.92 Å². The van der Waals surface area contributed by atoms with Crippen molar-refractivity contribution in [1.29, 1.82) is 0 Å². The van der Waals surface area contributed by atoms with E-state index in [0.29, 0.717) is 30.5 Å². The first-order valence-electron chi connectivity index (χ1n) is 8.57. The first-order chi connectivity index (χ1) is 13.0. The fourth-order valence-corrected chi connectivity index (χ4v) is 2.55. The second-order valence-electron chi connectivity index (χ2n) is 5.85. The second-order valence-corrected chi connectivity index (χ2v) is 5.85. The Hall–Kier alpha value is -3.22. The van der Waals surface area contributed by atoms with Crippen LogP contribution in [0.2, 0.25) is 0 Å². The van der Waals surface area contributed by atoms with Crippen molar-refractivity contribution in [3.8, 4) is 11.5 Å². The van der Waals surface area contributed by atoms with Crippen molar-refractivity contribution in [2.45, 2.75) is 20.0 Å². The molecule has 0 aliphatic carbocycles. The van der Waals surface area contributed by atoms with Gasteiger partial charge in [-0.15, -0.1) is 0 Å². The zero-order valence-electron chi connectivity index (χ0n) is 16.1. The van der Waals surface area contributed by atoms with Crippen LogP contribution < -0.4 is 25.4 Å². The van der Waals surface area contributed by atoms with E-state index in [9.17, 15) is 4.79 Å². The van der Waals surface area contributed by atoms with E-state index in [1.807, 2.05) is 42.5 Å². The number of nitrogens with zero attached hydrogens (tertiary/aromatic N) is 1. The number of anilines is 1. The molecule has 0 heterocycles. The number of ether oxygens (including phenoxy) is 2. The van der Waals surface area contributed by atoms with Gasteiger partial charge in [0.15, 0.2) is 17.5 Å². The maximum atomic E-state index is 11.2. The lowest BCUT2D eigenvalue weighted by atomic mass is 10.2. The SMILES string of the molecule is CN=C(NCc1cccc(NC(C)=O)c1)NCc1ccc(OC)c(OC)c1. The van der Waals surface area contributed by atoms with Crippen molar-refractivity contribution in [2.24, 2.45) is 4.99 Å². The molecule has 0 saturated carbocycles. The summed E-state index contributed by atoms with van der Waals surface area (Å²) in [7, 11) is 4.95. The fraction of sp³-hybridized carbons (Fsp3) is 0.300. The van der Waals surface area contributed by atoms with Crippen LogP contribution in [0.4, 0.5) is 5.69 Å². The Balaban J connectivity index is 1.92. The van der Waals surface area contributed by atoms with Crippen LogP contribution in [-0.2, 0) is 17.9 Å². The second kappa shape index (κ2) is 10.1. The number of benzene rings is 2. The molecule has 0 bridgehead atoms. The predicted molar refractivity (Wildman–Crippen MR) is 107 cm³/mol. The van der Waals surface area contributed by atoms with Gasteiger partial charge in [-0.05, 0) is 35.4 Å². The summed E-state index contributed by atoms with van der Waals surface area (Å²) in [6.07, 6.45) is 0. The van der Waals surface area contributed by atoms with E-state index in [0.717, 1.165) is 16.8 Å². The topological polar surface area (TPSA) is 84.0 Å². The molecule has 0 atom stereocenters. The molecule has 0 aliphatic heterocycles. The maximum Gasteiger partial charge on any atom is 0.221 e. The van der Waals surface area contributed by atoms with Crippen molar-refractivity contribution < 1.29 is 14.3 Å². The average Bonchev–Trinajstić information content (AvgIpc) is 2.67. The third kappa shape index (κ3) is 6.22. The van der Waals surface area contributed by atoms with E-state index in [4.69, 9.17) is 9.47 Å². The molecule has 0 fully saturated rings. The van der Waals surface area contributed by atoms with E-state index < -0.39 is 0 Å². The highest BCUT2D eigenvalue weighted by atomic mass is 16.5. The number of guanidine groups is 1. The van der Waals surface area contributed by atoms with Crippen LogP contribution in [0.5, 0.6) is 11.5 Å². The summed E-state index contributed by atoms with van der Waals surface area (Å²) in [4.78, 5) is 15.4. The van der Waals surface area contributed by atoms with E-state index >= 15 is 0 Å². The lowest BCUT2D eigenvalue weighted by Gasteiger charge is -2.14. The molecule has 2 aromatic rings. The standard InChI is InChI=1S/C20H26N4O3/c1-14(25)24-17-7-5-6-15(10-17)12-22-20(21-2)23-13-16-8-9-18(26-3)19(11-16)27-4/h5-11H,12-13H2,1-4H3,(H,24,25)(H2,21,22,23). The molecule has 1 amide bonds. The van der Waals surface area contributed by atoms with Crippen LogP contribution in [0.15, 0.2) is 47.5 Å². The van der Waals surface area contributed by atoms with Crippen LogP contribution in [0.25, 0.3) is 0 Å². The van der Waals surface area contributed by atoms with Gasteiger partial charge < -0.3 is 25.4 Å². The van der Waals surface area contributed by atoms with E-state index in [2.05, 4.69) is 20.9 Å². The lowest BCUT2D eigenvalue weighted by Crippen LogP contribution is -2.36. The molecular formula is C20H26N4O3. The maximum absolute atomic E-state index is 11.2. The van der Waals surface area contributed by atoms with Crippen molar-refractivity contribution in [1.82, 2.24) is 10.6 Å². The van der Waals surface area contributed by atoms with Gasteiger partial charge in [-0.3, -0.25) is 9.79 Å². The number of amides is 1. The van der Waals surface area contributed by atoms with Crippen molar-refractivity contribution in [3.63, 3.8) is 0 Å². The highest BCUT2D eigenvalue weighted by molar-refractivity contribution is 5.88. The molecule has 2 rings (SSSR count). The van der Waals surface area contributed by atoms with E-state index in [-0.39, 0.29) is 5.91 Å². The summed E-state index contributed by atoms with van der Waals surface area (Å²) in [6.45, 7) is 2.66. The van der Waals surface area contributed by atoms with Gasteiger partial charge in [0.1, 0.15) is 0 Å². The third-order valence-electron chi connectivity index (χ3n) is 3.84. The van der Waals surface area contributed by atoms with Gasteiger partial charge in [0, 0.05) is 32.7 Å². The minimum atomic E-state index is -0.0903. The van der Waals surface area contributed by atoms with Crippen molar-refractivity contribution >= 4 is 17.6 Å². The summed E-state index contributed by atoms with van der Waals surface area (Å²) < 4.78 is 10.6. The van der Waals surface area contributed by atoms with Crippen molar-refractivity contribution in [3.05, 3.63) is 53.6 Å². The Morgan fingerprint density at radius 3 is 2.22 bits per heavy atom. The van der Waals surface area contributed by atoms with E-state index in [1.54, 1.807) is 21.3 Å². The van der Waals surface area contributed by atoms with Gasteiger partial charge in [-0.1, -0.05) is 18.2 Å². The Morgan fingerprint density at radius 1 is 0.963 bits per heavy atom. The molecular weight excluding hydrogens is 344 g/mol. The van der Waals surface area contributed by atoms with Gasteiger partial charge >= 0.3 is 0 Å². The molecule has 7 heteroatoms. The highest BCUT2D eigenvalue weighted by Crippen LogP contribution is 2.27. The average molecular weight is 370 g/mol. The molecule has 0 aliphatic rings. The molecule has 3 N–H and O–H groups in total. The number of carbonyl (C=O) groups is 1. The zero-order chi connectivity index (χ0) is 19.6. The number of aliphatic imine (C=N–C) groups is 1. The normalized spacial score (nSPS) is 10.9. The van der Waals surface area contributed by atoms with Gasteiger partial charge in [0.05, 0.1) is 14.2 Å². The van der Waals surface area contributed by atoms with Crippen LogP contribution in [-0.4, -0.2) is 33.1 Å². The lowest BCUT2D eigenvalue weighted by molar-refractivity contribution is -0.114. The summed E-state index contributed by atoms with van der Waals surface area (Å²) in [5, 5.41) is 9.30. The summed E-state index contributed by atoms with van der Waals surface area (Å²) in [5.74, 6) is 1.97. The van der Waals surface area contributed by atoms with Gasteiger partial charge in [-0.25, -0.2) is 0 Å². The molecule has 0 unspecified atom stereocenters. The zero-order valence-corrected chi connectivity index (χ0v) is 16.1. The third-order valence-corrected chi connectivity index (χ3v) is 3.84. The predicted octanol–water partition coefficient (Wildman–Crippen LogP) is 2.53. The Kier molecular flexibility index (Phi) is 7.49. The Morgan fingerprint density at radius 2 is 1.63 bits per heavy atom. The fourth-order valence-electron chi connectivity index (χ4n) is 2.55. The van der Waals surface area contributed by atoms with Gasteiger partial charge in [0.2, 0.25) is 5.91 Å². The molecule has 7 nitrogen and oxygen atoms in total. The van der Waals surface area contributed by atoms with Crippen LogP contribution >= 0.6 is 0 Å². The van der Waals surface area contributed by atoms with Crippen LogP contribution in [0.1, 0.15) is 18.1 Å². The minimum Gasteiger partial charge on any atom is -0.493 e. The first kappa shape index (κ1) is 20.1. The summed E-state index contributed by atoms with van der Waals surface area (Å²) >= 11 is 0. The number of rotatable bonds is 7. The molecule has 2 aromatic carbocycles. The van der Waals surface area contributed by atoms with Crippen LogP contribution in [0, 0.1) is 0 Å². The van der Waals surface area contributed by atoms with Crippen LogP contribution in [0.3, 0.4) is 0 Å². The smallest absolute Gasteiger partial charge is 0.221 e. The molecule has 0 aromatic heterocycles. The Labute approximate surface area is 159 Å². The monoisotopic (exact) mass is 370 g/mol. The summed E-state index contributed by atoms with van der Waals surface area (Å²) in [5.41, 5.74) is 2.86. The number of carbonyl (C=O) groups excluding carboxylic acids is 1.